The molecule has 3 nitrogen and oxygen atoms in total. The van der Waals surface area contributed by atoms with Crippen molar-refractivity contribution in [3.05, 3.63) is 0 Å². The van der Waals surface area contributed by atoms with Crippen LogP contribution in [0.2, 0.25) is 0 Å². The van der Waals surface area contributed by atoms with Crippen LogP contribution in [0.25, 0.3) is 0 Å². The van der Waals surface area contributed by atoms with Gasteiger partial charge >= 0.3 is 0 Å². The van der Waals surface area contributed by atoms with Crippen molar-refractivity contribution in [1.82, 2.24) is 5.32 Å². The predicted octanol–water partition coefficient (Wildman–Crippen LogP) is 1.45. The van der Waals surface area contributed by atoms with E-state index in [2.05, 4.69) is 5.32 Å². The molecule has 1 atom stereocenters. The van der Waals surface area contributed by atoms with Gasteiger partial charge in [0.2, 0.25) is 5.91 Å². The minimum Gasteiger partial charge on any atom is -0.394 e. The number of nitrogens with one attached hydrogen (secondary N) is 1. The van der Waals surface area contributed by atoms with E-state index in [1.165, 1.54) is 12.8 Å². The van der Waals surface area contributed by atoms with E-state index in [1.807, 2.05) is 6.92 Å². The Bertz CT molecular complexity index is 242. The monoisotopic (exact) mass is 211 g/mol. The molecule has 0 heterocycles. The number of amides is 1. The van der Waals surface area contributed by atoms with Crippen molar-refractivity contribution in [3.8, 4) is 0 Å². The van der Waals surface area contributed by atoms with Gasteiger partial charge in [-0.25, -0.2) is 0 Å². The van der Waals surface area contributed by atoms with Crippen LogP contribution in [0.15, 0.2) is 0 Å². The summed E-state index contributed by atoms with van der Waals surface area (Å²) in [4.78, 5) is 11.9. The molecule has 0 aliphatic heterocycles. The summed E-state index contributed by atoms with van der Waals surface area (Å²) in [6, 6.07) is 0. The summed E-state index contributed by atoms with van der Waals surface area (Å²) in [5.74, 6) is 0.879. The largest absolute Gasteiger partial charge is 0.394 e. The molecule has 2 rings (SSSR count). The minimum atomic E-state index is -0.291. The molecule has 0 aromatic carbocycles. The van der Waals surface area contributed by atoms with Crippen molar-refractivity contribution in [1.29, 1.82) is 0 Å². The third-order valence-electron chi connectivity index (χ3n) is 3.99. The van der Waals surface area contributed by atoms with E-state index >= 15 is 0 Å². The Morgan fingerprint density at radius 2 is 2.07 bits per heavy atom. The molecule has 1 amide bonds. The molecule has 0 aromatic heterocycles. The number of aliphatic hydroxyl groups excluding tert-OH is 1. The smallest absolute Gasteiger partial charge is 0.223 e. The van der Waals surface area contributed by atoms with Crippen molar-refractivity contribution < 1.29 is 9.90 Å². The lowest BCUT2D eigenvalue weighted by atomic mass is 9.96. The highest BCUT2D eigenvalue weighted by Gasteiger charge is 2.39. The van der Waals surface area contributed by atoms with Crippen molar-refractivity contribution in [2.75, 3.05) is 6.61 Å². The molecule has 0 bridgehead atoms. The van der Waals surface area contributed by atoms with Crippen LogP contribution >= 0.6 is 0 Å². The van der Waals surface area contributed by atoms with Gasteiger partial charge in [0.25, 0.3) is 0 Å². The molecule has 0 saturated heterocycles. The first-order valence-electron chi connectivity index (χ1n) is 6.10. The first-order valence-corrected chi connectivity index (χ1v) is 6.10. The van der Waals surface area contributed by atoms with Crippen LogP contribution in [0.4, 0.5) is 0 Å². The van der Waals surface area contributed by atoms with E-state index in [0.29, 0.717) is 5.92 Å². The lowest BCUT2D eigenvalue weighted by Crippen LogP contribution is -2.51. The lowest BCUT2D eigenvalue weighted by molar-refractivity contribution is -0.127. The maximum absolute atomic E-state index is 11.9. The number of carbonyl (C=O) groups excluding carboxylic acids is 1. The summed E-state index contributed by atoms with van der Waals surface area (Å²) in [6.45, 7) is 2.10. The Labute approximate surface area is 91.2 Å². The standard InChI is InChI=1S/C12H21NO2/c1-9(10-4-5-10)11(15)13-12(8-14)6-2-3-7-12/h9-10,14H,2-8H2,1H3,(H,13,15). The van der Waals surface area contributed by atoms with Gasteiger partial charge in [0, 0.05) is 5.92 Å². The summed E-state index contributed by atoms with van der Waals surface area (Å²) < 4.78 is 0. The average Bonchev–Trinajstić information content (AvgIpc) is 2.99. The van der Waals surface area contributed by atoms with Gasteiger partial charge in [0.15, 0.2) is 0 Å². The van der Waals surface area contributed by atoms with Crippen molar-refractivity contribution >= 4 is 5.91 Å². The highest BCUT2D eigenvalue weighted by Crippen LogP contribution is 2.37. The van der Waals surface area contributed by atoms with Gasteiger partial charge in [-0.2, -0.15) is 0 Å². The number of rotatable bonds is 4. The Kier molecular flexibility index (Phi) is 3.01. The van der Waals surface area contributed by atoms with Crippen LogP contribution in [0.1, 0.15) is 45.4 Å². The second-order valence-electron chi connectivity index (χ2n) is 5.26. The van der Waals surface area contributed by atoms with Crippen LogP contribution in [0, 0.1) is 11.8 Å². The topological polar surface area (TPSA) is 49.3 Å². The van der Waals surface area contributed by atoms with E-state index in [1.54, 1.807) is 0 Å². The molecular weight excluding hydrogens is 190 g/mol. The number of carbonyl (C=O) groups is 1. The number of aliphatic hydroxyl groups is 1. The van der Waals surface area contributed by atoms with Crippen molar-refractivity contribution in [3.63, 3.8) is 0 Å². The minimum absolute atomic E-state index is 0.0934. The van der Waals surface area contributed by atoms with Gasteiger partial charge in [0.1, 0.15) is 0 Å². The third-order valence-corrected chi connectivity index (χ3v) is 3.99. The van der Waals surface area contributed by atoms with E-state index in [9.17, 15) is 9.90 Å². The summed E-state index contributed by atoms with van der Waals surface area (Å²) in [6.07, 6.45) is 6.51. The van der Waals surface area contributed by atoms with Crippen molar-refractivity contribution in [2.24, 2.45) is 11.8 Å². The van der Waals surface area contributed by atoms with Crippen molar-refractivity contribution in [2.45, 2.75) is 51.0 Å². The third kappa shape index (κ3) is 2.33. The quantitative estimate of drug-likeness (QED) is 0.739. The summed E-state index contributed by atoms with van der Waals surface area (Å²) in [5.41, 5.74) is -0.291. The number of hydrogen-bond acceptors (Lipinski definition) is 2. The molecule has 3 heteroatoms. The summed E-state index contributed by atoms with van der Waals surface area (Å²) in [5, 5.41) is 12.5. The van der Waals surface area contributed by atoms with Gasteiger partial charge in [-0.15, -0.1) is 0 Å². The summed E-state index contributed by atoms with van der Waals surface area (Å²) >= 11 is 0. The van der Waals surface area contributed by atoms with E-state index in [-0.39, 0.29) is 24.0 Å². The van der Waals surface area contributed by atoms with Crippen LogP contribution < -0.4 is 5.32 Å². The average molecular weight is 211 g/mol. The molecule has 86 valence electrons. The Balaban J connectivity index is 1.90. The molecule has 0 radical (unpaired) electrons. The molecule has 2 saturated carbocycles. The normalized spacial score (nSPS) is 26.3. The highest BCUT2D eigenvalue weighted by atomic mass is 16.3. The second-order valence-corrected chi connectivity index (χ2v) is 5.26. The number of hydrogen-bond donors (Lipinski definition) is 2. The fraction of sp³-hybridized carbons (Fsp3) is 0.917. The highest BCUT2D eigenvalue weighted by molar-refractivity contribution is 5.79. The Hall–Kier alpha value is -0.570. The zero-order valence-corrected chi connectivity index (χ0v) is 9.46. The van der Waals surface area contributed by atoms with E-state index < -0.39 is 0 Å². The van der Waals surface area contributed by atoms with Gasteiger partial charge in [0.05, 0.1) is 12.1 Å². The van der Waals surface area contributed by atoms with E-state index in [0.717, 1.165) is 25.7 Å². The molecule has 2 aliphatic rings. The van der Waals surface area contributed by atoms with Gasteiger partial charge < -0.3 is 10.4 Å². The van der Waals surface area contributed by atoms with E-state index in [4.69, 9.17) is 0 Å². The fourth-order valence-electron chi connectivity index (χ4n) is 2.56. The Morgan fingerprint density at radius 1 is 1.47 bits per heavy atom. The first kappa shape index (κ1) is 10.9. The molecule has 15 heavy (non-hydrogen) atoms. The van der Waals surface area contributed by atoms with Gasteiger partial charge in [-0.3, -0.25) is 4.79 Å². The maximum atomic E-state index is 11.9. The molecule has 0 aromatic rings. The van der Waals surface area contributed by atoms with Crippen LogP contribution in [-0.2, 0) is 4.79 Å². The molecule has 1 unspecified atom stereocenters. The zero-order chi connectivity index (χ0) is 10.9. The van der Waals surface area contributed by atoms with Gasteiger partial charge in [-0.05, 0) is 31.6 Å². The second kappa shape index (κ2) is 4.12. The van der Waals surface area contributed by atoms with Crippen LogP contribution in [0.5, 0.6) is 0 Å². The predicted molar refractivity (Wildman–Crippen MR) is 58.3 cm³/mol. The molecule has 0 spiro atoms. The van der Waals surface area contributed by atoms with Crippen LogP contribution in [0.3, 0.4) is 0 Å². The van der Waals surface area contributed by atoms with Crippen LogP contribution in [-0.4, -0.2) is 23.2 Å². The molecule has 2 fully saturated rings. The maximum Gasteiger partial charge on any atom is 0.223 e. The zero-order valence-electron chi connectivity index (χ0n) is 9.46. The van der Waals surface area contributed by atoms with Gasteiger partial charge in [-0.1, -0.05) is 19.8 Å². The lowest BCUT2D eigenvalue weighted by Gasteiger charge is -2.29. The summed E-state index contributed by atoms with van der Waals surface area (Å²) in [7, 11) is 0. The molecular formula is C12H21NO2. The first-order chi connectivity index (χ1) is 7.17. The Morgan fingerprint density at radius 3 is 2.53 bits per heavy atom. The molecule has 2 aliphatic carbocycles. The molecule has 2 N–H and O–H groups in total. The SMILES string of the molecule is CC(C(=O)NC1(CO)CCCC1)C1CC1. The fourth-order valence-corrected chi connectivity index (χ4v) is 2.56.